The van der Waals surface area contributed by atoms with Gasteiger partial charge in [-0.05, 0) is 38.1 Å². The zero-order valence-corrected chi connectivity index (χ0v) is 14.9. The van der Waals surface area contributed by atoms with Crippen LogP contribution in [0.5, 0.6) is 0 Å². The van der Waals surface area contributed by atoms with Crippen molar-refractivity contribution in [2.75, 3.05) is 0 Å². The van der Waals surface area contributed by atoms with Crippen LogP contribution in [0.15, 0.2) is 63.7 Å². The second kappa shape index (κ2) is 6.95. The lowest BCUT2D eigenvalue weighted by molar-refractivity contribution is 0.0462. The summed E-state index contributed by atoms with van der Waals surface area (Å²) in [5, 5.41) is 8.37. The van der Waals surface area contributed by atoms with Gasteiger partial charge in [-0.3, -0.25) is 0 Å². The number of aromatic nitrogens is 3. The van der Waals surface area contributed by atoms with Crippen LogP contribution < -0.4 is 0 Å². The summed E-state index contributed by atoms with van der Waals surface area (Å²) in [5.41, 5.74) is 3.17. The van der Waals surface area contributed by atoms with Gasteiger partial charge in [0.05, 0.1) is 23.3 Å². The van der Waals surface area contributed by atoms with Gasteiger partial charge >= 0.3 is 5.97 Å². The molecule has 0 fully saturated rings. The fourth-order valence-electron chi connectivity index (χ4n) is 2.89. The highest BCUT2D eigenvalue weighted by atomic mass is 16.5. The Bertz CT molecular complexity index is 1060. The molecule has 0 atom stereocenters. The lowest BCUT2D eigenvalue weighted by Gasteiger charge is -2.05. The van der Waals surface area contributed by atoms with E-state index in [9.17, 15) is 4.79 Å². The van der Waals surface area contributed by atoms with Crippen LogP contribution in [-0.4, -0.2) is 20.9 Å². The standard InChI is InChI=1S/C20H17N3O4/c1-13-19(14(2)23(21-13)16-7-4-3-5-8-16)20(24)26-12-15-11-18(27-22-15)17-9-6-10-25-17/h3-11H,12H2,1-2H3. The average molecular weight is 363 g/mol. The lowest BCUT2D eigenvalue weighted by Crippen LogP contribution is -2.08. The molecular formula is C20H17N3O4. The van der Waals surface area contributed by atoms with E-state index in [1.54, 1.807) is 36.1 Å². The quantitative estimate of drug-likeness (QED) is 0.497. The Kier molecular flexibility index (Phi) is 4.33. The first-order chi connectivity index (χ1) is 13.1. The normalized spacial score (nSPS) is 10.9. The Labute approximate surface area is 155 Å². The molecule has 4 aromatic rings. The number of esters is 1. The number of para-hydroxylation sites is 1. The predicted molar refractivity (Wildman–Crippen MR) is 96.4 cm³/mol. The van der Waals surface area contributed by atoms with E-state index in [1.807, 2.05) is 37.3 Å². The molecular weight excluding hydrogens is 346 g/mol. The van der Waals surface area contributed by atoms with Gasteiger partial charge in [-0.25, -0.2) is 9.48 Å². The van der Waals surface area contributed by atoms with Gasteiger partial charge in [-0.2, -0.15) is 5.10 Å². The minimum absolute atomic E-state index is 0.00155. The van der Waals surface area contributed by atoms with E-state index in [0.717, 1.165) is 11.4 Å². The van der Waals surface area contributed by atoms with Crippen molar-refractivity contribution in [2.45, 2.75) is 20.5 Å². The molecule has 1 aromatic carbocycles. The first-order valence-corrected chi connectivity index (χ1v) is 8.41. The van der Waals surface area contributed by atoms with E-state index in [1.165, 1.54) is 0 Å². The summed E-state index contributed by atoms with van der Waals surface area (Å²) < 4.78 is 17.6. The monoisotopic (exact) mass is 363 g/mol. The Balaban J connectivity index is 1.50. The van der Waals surface area contributed by atoms with E-state index in [4.69, 9.17) is 13.7 Å². The summed E-state index contributed by atoms with van der Waals surface area (Å²) in [6.07, 6.45) is 1.55. The summed E-state index contributed by atoms with van der Waals surface area (Å²) in [5.74, 6) is 0.598. The molecule has 0 saturated carbocycles. The van der Waals surface area contributed by atoms with Gasteiger partial charge in [0.15, 0.2) is 5.76 Å². The maximum Gasteiger partial charge on any atom is 0.342 e. The summed E-state index contributed by atoms with van der Waals surface area (Å²) in [6.45, 7) is 3.63. The third kappa shape index (κ3) is 3.27. The molecule has 27 heavy (non-hydrogen) atoms. The van der Waals surface area contributed by atoms with Crippen LogP contribution in [0.3, 0.4) is 0 Å². The molecule has 0 N–H and O–H groups in total. The molecule has 0 saturated heterocycles. The van der Waals surface area contributed by atoms with Crippen LogP contribution in [-0.2, 0) is 11.3 Å². The highest BCUT2D eigenvalue weighted by Gasteiger charge is 2.21. The average Bonchev–Trinajstić information content (AvgIpc) is 3.41. The van der Waals surface area contributed by atoms with E-state index < -0.39 is 5.97 Å². The number of carbonyl (C=O) groups is 1. The number of hydrogen-bond donors (Lipinski definition) is 0. The van der Waals surface area contributed by atoms with Crippen molar-refractivity contribution in [3.05, 3.63) is 77.4 Å². The summed E-state index contributed by atoms with van der Waals surface area (Å²) in [7, 11) is 0. The van der Waals surface area contributed by atoms with Crippen molar-refractivity contribution in [3.8, 4) is 17.2 Å². The van der Waals surface area contributed by atoms with Crippen molar-refractivity contribution in [2.24, 2.45) is 0 Å². The molecule has 0 amide bonds. The molecule has 3 aromatic heterocycles. The fraction of sp³-hybridized carbons (Fsp3) is 0.150. The first kappa shape index (κ1) is 16.8. The summed E-state index contributed by atoms with van der Waals surface area (Å²) in [6, 6.07) is 14.8. The largest absolute Gasteiger partial charge is 0.461 e. The molecule has 0 unspecified atom stereocenters. The molecule has 0 spiro atoms. The number of carbonyl (C=O) groups excluding carboxylic acids is 1. The van der Waals surface area contributed by atoms with Crippen LogP contribution in [0.25, 0.3) is 17.2 Å². The van der Waals surface area contributed by atoms with Crippen molar-refractivity contribution in [1.29, 1.82) is 0 Å². The number of rotatable bonds is 5. The zero-order valence-electron chi connectivity index (χ0n) is 14.9. The van der Waals surface area contributed by atoms with Crippen molar-refractivity contribution < 1.29 is 18.5 Å². The van der Waals surface area contributed by atoms with Crippen LogP contribution >= 0.6 is 0 Å². The molecule has 0 bridgehead atoms. The van der Waals surface area contributed by atoms with Crippen LogP contribution in [0, 0.1) is 13.8 Å². The minimum atomic E-state index is -0.449. The van der Waals surface area contributed by atoms with Crippen LogP contribution in [0.1, 0.15) is 27.4 Å². The molecule has 0 radical (unpaired) electrons. The highest BCUT2D eigenvalue weighted by Crippen LogP contribution is 2.22. The third-order valence-electron chi connectivity index (χ3n) is 4.17. The first-order valence-electron chi connectivity index (χ1n) is 8.41. The molecule has 3 heterocycles. The number of ether oxygens (including phenoxy) is 1. The molecule has 4 rings (SSSR count). The van der Waals surface area contributed by atoms with Crippen molar-refractivity contribution in [1.82, 2.24) is 14.9 Å². The van der Waals surface area contributed by atoms with Crippen molar-refractivity contribution in [3.63, 3.8) is 0 Å². The van der Waals surface area contributed by atoms with E-state index >= 15 is 0 Å². The van der Waals surface area contributed by atoms with Gasteiger partial charge in [0.1, 0.15) is 17.9 Å². The number of furan rings is 1. The summed E-state index contributed by atoms with van der Waals surface area (Å²) >= 11 is 0. The maximum atomic E-state index is 12.6. The molecule has 0 aliphatic carbocycles. The zero-order chi connectivity index (χ0) is 18.8. The SMILES string of the molecule is Cc1nn(-c2ccccc2)c(C)c1C(=O)OCc1cc(-c2ccco2)on1. The fourth-order valence-corrected chi connectivity index (χ4v) is 2.89. The van der Waals surface area contributed by atoms with E-state index in [2.05, 4.69) is 10.3 Å². The maximum absolute atomic E-state index is 12.6. The van der Waals surface area contributed by atoms with E-state index in [0.29, 0.717) is 28.5 Å². The van der Waals surface area contributed by atoms with Gasteiger partial charge in [0, 0.05) is 6.07 Å². The van der Waals surface area contributed by atoms with Gasteiger partial charge in [0.25, 0.3) is 0 Å². The highest BCUT2D eigenvalue weighted by molar-refractivity contribution is 5.92. The summed E-state index contributed by atoms with van der Waals surface area (Å²) in [4.78, 5) is 12.6. The lowest BCUT2D eigenvalue weighted by atomic mass is 10.2. The molecule has 136 valence electrons. The molecule has 0 aliphatic heterocycles. The Hall–Kier alpha value is -3.61. The van der Waals surface area contributed by atoms with Gasteiger partial charge < -0.3 is 13.7 Å². The Morgan fingerprint density at radius 2 is 1.93 bits per heavy atom. The number of aryl methyl sites for hydroxylation is 1. The molecule has 7 nitrogen and oxygen atoms in total. The predicted octanol–water partition coefficient (Wildman–Crippen LogP) is 4.09. The third-order valence-corrected chi connectivity index (χ3v) is 4.17. The number of benzene rings is 1. The van der Waals surface area contributed by atoms with Gasteiger partial charge in [-0.15, -0.1) is 0 Å². The van der Waals surface area contributed by atoms with Crippen LogP contribution in [0.4, 0.5) is 0 Å². The van der Waals surface area contributed by atoms with Crippen LogP contribution in [0.2, 0.25) is 0 Å². The van der Waals surface area contributed by atoms with Gasteiger partial charge in [-0.1, -0.05) is 23.4 Å². The van der Waals surface area contributed by atoms with Crippen molar-refractivity contribution >= 4 is 5.97 Å². The molecule has 0 aliphatic rings. The second-order valence-corrected chi connectivity index (χ2v) is 6.03. The Morgan fingerprint density at radius 1 is 1.11 bits per heavy atom. The van der Waals surface area contributed by atoms with Gasteiger partial charge in [0.2, 0.25) is 5.76 Å². The second-order valence-electron chi connectivity index (χ2n) is 6.03. The number of nitrogens with zero attached hydrogens (tertiary/aromatic N) is 3. The Morgan fingerprint density at radius 3 is 2.67 bits per heavy atom. The topological polar surface area (TPSA) is 83.3 Å². The minimum Gasteiger partial charge on any atom is -0.461 e. The smallest absolute Gasteiger partial charge is 0.342 e. The van der Waals surface area contributed by atoms with E-state index in [-0.39, 0.29) is 6.61 Å². The molecule has 7 heteroatoms. The number of hydrogen-bond acceptors (Lipinski definition) is 6.